The molecular formula is C19H20N4O3. The number of morpholine rings is 1. The number of rotatable bonds is 4. The highest BCUT2D eigenvalue weighted by Crippen LogP contribution is 2.24. The van der Waals surface area contributed by atoms with Gasteiger partial charge >= 0.3 is 0 Å². The van der Waals surface area contributed by atoms with Crippen molar-refractivity contribution in [2.45, 2.75) is 6.92 Å². The molecule has 0 aliphatic carbocycles. The average molecular weight is 352 g/mol. The average Bonchev–Trinajstić information content (AvgIpc) is 3.11. The van der Waals surface area contributed by atoms with Crippen LogP contribution in [-0.2, 0) is 9.53 Å². The van der Waals surface area contributed by atoms with Crippen molar-refractivity contribution in [1.82, 2.24) is 19.9 Å². The normalized spacial score (nSPS) is 14.6. The number of ether oxygens (including phenoxy) is 2. The van der Waals surface area contributed by atoms with Crippen LogP contribution in [0, 0.1) is 6.92 Å². The fourth-order valence-electron chi connectivity index (χ4n) is 2.92. The third-order valence-corrected chi connectivity index (χ3v) is 4.33. The highest BCUT2D eigenvalue weighted by molar-refractivity contribution is 5.78. The first-order valence-electron chi connectivity index (χ1n) is 8.62. The van der Waals surface area contributed by atoms with Crippen molar-refractivity contribution in [3.8, 4) is 11.4 Å². The molecule has 0 spiro atoms. The summed E-state index contributed by atoms with van der Waals surface area (Å²) in [6.45, 7) is 4.34. The molecule has 26 heavy (non-hydrogen) atoms. The van der Waals surface area contributed by atoms with Crippen LogP contribution in [0.3, 0.4) is 0 Å². The summed E-state index contributed by atoms with van der Waals surface area (Å²) < 4.78 is 11.1. The Bertz CT molecular complexity index is 898. The summed E-state index contributed by atoms with van der Waals surface area (Å²) in [6.07, 6.45) is 0. The van der Waals surface area contributed by atoms with Gasteiger partial charge in [0.15, 0.2) is 6.61 Å². The van der Waals surface area contributed by atoms with E-state index in [-0.39, 0.29) is 12.5 Å². The molecule has 1 aliphatic heterocycles. The maximum absolute atomic E-state index is 12.3. The monoisotopic (exact) mass is 352 g/mol. The number of amides is 1. The number of hydrogen-bond acceptors (Lipinski definition) is 5. The van der Waals surface area contributed by atoms with Crippen LogP contribution in [-0.4, -0.2) is 58.7 Å². The van der Waals surface area contributed by atoms with Crippen LogP contribution < -0.4 is 4.74 Å². The molecule has 3 aromatic rings. The summed E-state index contributed by atoms with van der Waals surface area (Å²) in [5, 5.41) is 9.03. The number of carbonyl (C=O) groups is 1. The second-order valence-corrected chi connectivity index (χ2v) is 6.23. The Morgan fingerprint density at radius 1 is 1.12 bits per heavy atom. The Kier molecular flexibility index (Phi) is 4.53. The number of benzene rings is 2. The molecule has 0 unspecified atom stereocenters. The SMILES string of the molecule is Cc1ccc(OCC(=O)N2CCOCC2)c(-n2nc3ccccc3n2)c1. The predicted octanol–water partition coefficient (Wildman–Crippen LogP) is 1.97. The van der Waals surface area contributed by atoms with Crippen LogP contribution in [0.1, 0.15) is 5.56 Å². The topological polar surface area (TPSA) is 69.5 Å². The minimum atomic E-state index is -0.0431. The molecule has 2 heterocycles. The minimum Gasteiger partial charge on any atom is -0.481 e. The lowest BCUT2D eigenvalue weighted by molar-refractivity contribution is -0.137. The van der Waals surface area contributed by atoms with E-state index in [1.54, 1.807) is 9.70 Å². The number of aryl methyl sites for hydroxylation is 1. The Morgan fingerprint density at radius 3 is 2.50 bits per heavy atom. The van der Waals surface area contributed by atoms with Gasteiger partial charge in [0.2, 0.25) is 0 Å². The van der Waals surface area contributed by atoms with Gasteiger partial charge in [-0.25, -0.2) is 0 Å². The van der Waals surface area contributed by atoms with E-state index in [0.717, 1.165) is 22.3 Å². The number of carbonyl (C=O) groups excluding carboxylic acids is 1. The van der Waals surface area contributed by atoms with Crippen LogP contribution in [0.25, 0.3) is 16.7 Å². The third kappa shape index (κ3) is 3.39. The highest BCUT2D eigenvalue weighted by Gasteiger charge is 2.18. The first kappa shape index (κ1) is 16.5. The van der Waals surface area contributed by atoms with Gasteiger partial charge in [0.1, 0.15) is 22.5 Å². The van der Waals surface area contributed by atoms with Crippen molar-refractivity contribution in [3.63, 3.8) is 0 Å². The van der Waals surface area contributed by atoms with Crippen molar-refractivity contribution in [2.75, 3.05) is 32.9 Å². The van der Waals surface area contributed by atoms with Crippen molar-refractivity contribution in [2.24, 2.45) is 0 Å². The maximum Gasteiger partial charge on any atom is 0.260 e. The van der Waals surface area contributed by atoms with Crippen LogP contribution >= 0.6 is 0 Å². The molecular weight excluding hydrogens is 332 g/mol. The standard InChI is InChI=1S/C19H20N4O3/c1-14-6-7-18(26-13-19(24)22-8-10-25-11-9-22)17(12-14)23-20-15-4-2-3-5-16(15)21-23/h2-7,12H,8-11,13H2,1H3. The Hall–Kier alpha value is -2.93. The summed E-state index contributed by atoms with van der Waals surface area (Å²) in [7, 11) is 0. The molecule has 0 saturated carbocycles. The highest BCUT2D eigenvalue weighted by atomic mass is 16.5. The van der Waals surface area contributed by atoms with Gasteiger partial charge in [0, 0.05) is 13.1 Å². The largest absolute Gasteiger partial charge is 0.481 e. The fraction of sp³-hybridized carbons (Fsp3) is 0.316. The number of hydrogen-bond donors (Lipinski definition) is 0. The predicted molar refractivity (Wildman–Crippen MR) is 96.5 cm³/mol. The Labute approximate surface area is 151 Å². The van der Waals surface area contributed by atoms with Crippen molar-refractivity contribution >= 4 is 16.9 Å². The van der Waals surface area contributed by atoms with E-state index in [2.05, 4.69) is 10.2 Å². The molecule has 134 valence electrons. The molecule has 7 heteroatoms. The van der Waals surface area contributed by atoms with Crippen LogP contribution in [0.15, 0.2) is 42.5 Å². The van der Waals surface area contributed by atoms with E-state index in [1.165, 1.54) is 0 Å². The zero-order chi connectivity index (χ0) is 17.9. The third-order valence-electron chi connectivity index (χ3n) is 4.33. The number of fused-ring (bicyclic) bond motifs is 1. The number of nitrogens with zero attached hydrogens (tertiary/aromatic N) is 4. The van der Waals surface area contributed by atoms with Gasteiger partial charge in [-0.1, -0.05) is 18.2 Å². The maximum atomic E-state index is 12.3. The summed E-state index contributed by atoms with van der Waals surface area (Å²) in [5.41, 5.74) is 3.40. The molecule has 0 atom stereocenters. The quantitative estimate of drug-likeness (QED) is 0.718. The summed E-state index contributed by atoms with van der Waals surface area (Å²) in [4.78, 5) is 15.7. The molecule has 0 N–H and O–H groups in total. The van der Waals surface area contributed by atoms with Gasteiger partial charge in [-0.2, -0.15) is 0 Å². The lowest BCUT2D eigenvalue weighted by atomic mass is 10.2. The molecule has 0 radical (unpaired) electrons. The Balaban J connectivity index is 1.57. The second kappa shape index (κ2) is 7.13. The van der Waals surface area contributed by atoms with E-state index in [1.807, 2.05) is 49.4 Å². The van der Waals surface area contributed by atoms with Crippen molar-refractivity contribution < 1.29 is 14.3 Å². The second-order valence-electron chi connectivity index (χ2n) is 6.23. The molecule has 1 amide bonds. The molecule has 0 bridgehead atoms. The van der Waals surface area contributed by atoms with E-state index < -0.39 is 0 Å². The lowest BCUT2D eigenvalue weighted by Gasteiger charge is -2.26. The van der Waals surface area contributed by atoms with Crippen molar-refractivity contribution in [1.29, 1.82) is 0 Å². The van der Waals surface area contributed by atoms with Crippen LogP contribution in [0.5, 0.6) is 5.75 Å². The molecule has 1 aliphatic rings. The minimum absolute atomic E-state index is 0.0170. The van der Waals surface area contributed by atoms with E-state index in [9.17, 15) is 4.79 Å². The molecule has 7 nitrogen and oxygen atoms in total. The van der Waals surface area contributed by atoms with E-state index in [4.69, 9.17) is 9.47 Å². The van der Waals surface area contributed by atoms with Gasteiger partial charge in [-0.3, -0.25) is 4.79 Å². The van der Waals surface area contributed by atoms with Crippen molar-refractivity contribution in [3.05, 3.63) is 48.0 Å². The fourth-order valence-corrected chi connectivity index (χ4v) is 2.92. The first-order chi connectivity index (χ1) is 12.7. The van der Waals surface area contributed by atoms with Gasteiger partial charge in [0.25, 0.3) is 5.91 Å². The summed E-state index contributed by atoms with van der Waals surface area (Å²) in [6, 6.07) is 13.4. The van der Waals surface area contributed by atoms with E-state index >= 15 is 0 Å². The molecule has 1 fully saturated rings. The van der Waals surface area contributed by atoms with Gasteiger partial charge < -0.3 is 14.4 Å². The molecule has 1 aromatic heterocycles. The molecule has 1 saturated heterocycles. The van der Waals surface area contributed by atoms with Crippen LogP contribution in [0.4, 0.5) is 0 Å². The first-order valence-corrected chi connectivity index (χ1v) is 8.62. The zero-order valence-electron chi connectivity index (χ0n) is 14.6. The van der Waals surface area contributed by atoms with Crippen LogP contribution in [0.2, 0.25) is 0 Å². The van der Waals surface area contributed by atoms with Gasteiger partial charge in [-0.05, 0) is 36.8 Å². The molecule has 4 rings (SSSR count). The number of aromatic nitrogens is 3. The van der Waals surface area contributed by atoms with E-state index in [0.29, 0.717) is 32.1 Å². The smallest absolute Gasteiger partial charge is 0.260 e. The van der Waals surface area contributed by atoms with Gasteiger partial charge in [0.05, 0.1) is 13.2 Å². The Morgan fingerprint density at radius 2 is 1.81 bits per heavy atom. The lowest BCUT2D eigenvalue weighted by Crippen LogP contribution is -2.43. The zero-order valence-corrected chi connectivity index (χ0v) is 14.6. The molecule has 2 aromatic carbocycles. The van der Waals surface area contributed by atoms with Gasteiger partial charge in [-0.15, -0.1) is 15.0 Å². The summed E-state index contributed by atoms with van der Waals surface area (Å²) in [5.74, 6) is 0.538. The summed E-state index contributed by atoms with van der Waals surface area (Å²) >= 11 is 0.